The Morgan fingerprint density at radius 2 is 1.24 bits per heavy atom. The number of nitrogens with zero attached hydrogens (tertiary/aromatic N) is 1. The molecule has 0 saturated heterocycles. The second kappa shape index (κ2) is 8.01. The second-order valence-electron chi connectivity index (χ2n) is 6.23. The standard InChI is InChI=1S/C21H19NO.2ClH/c23-21(17-7-3-1-4-8-17,18-9-5-2-6-10-18)20-15-19(20)16-11-13-22-14-12-16;;/h1-14,19-20,23H,15H2;2*1H. The molecule has 0 aliphatic heterocycles. The molecule has 2 atom stereocenters. The average molecular weight is 374 g/mol. The van der Waals surface area contributed by atoms with Crippen LogP contribution in [0.25, 0.3) is 0 Å². The Morgan fingerprint density at radius 1 is 0.760 bits per heavy atom. The molecule has 2 aromatic carbocycles. The first-order chi connectivity index (χ1) is 11.3. The molecule has 1 aliphatic rings. The molecule has 1 aliphatic carbocycles. The zero-order chi connectivity index (χ0) is 15.7. The van der Waals surface area contributed by atoms with Gasteiger partial charge in [-0.2, -0.15) is 0 Å². The minimum Gasteiger partial charge on any atom is -0.380 e. The Labute approximate surface area is 160 Å². The predicted octanol–water partition coefficient (Wildman–Crippen LogP) is 4.96. The van der Waals surface area contributed by atoms with Crippen molar-refractivity contribution in [2.75, 3.05) is 0 Å². The molecule has 1 N–H and O–H groups in total. The van der Waals surface area contributed by atoms with Gasteiger partial charge in [0.05, 0.1) is 0 Å². The van der Waals surface area contributed by atoms with Gasteiger partial charge in [-0.15, -0.1) is 24.8 Å². The molecular formula is C21H21Cl2NO. The summed E-state index contributed by atoms with van der Waals surface area (Å²) in [7, 11) is 0. The molecule has 1 fully saturated rings. The lowest BCUT2D eigenvalue weighted by molar-refractivity contribution is 0.0542. The summed E-state index contributed by atoms with van der Waals surface area (Å²) in [6.45, 7) is 0. The molecule has 4 rings (SSSR count). The number of aliphatic hydroxyl groups is 1. The van der Waals surface area contributed by atoms with E-state index < -0.39 is 5.60 Å². The molecule has 1 aromatic heterocycles. The van der Waals surface area contributed by atoms with E-state index in [1.54, 1.807) is 0 Å². The quantitative estimate of drug-likeness (QED) is 0.700. The highest BCUT2D eigenvalue weighted by molar-refractivity contribution is 5.85. The SMILES string of the molecule is Cl.Cl.OC(c1ccccc1)(c1ccccc1)C1CC1c1ccncc1. The molecule has 3 aromatic rings. The molecule has 1 heterocycles. The normalized spacial score (nSPS) is 18.6. The smallest absolute Gasteiger partial charge is 0.118 e. The van der Waals surface area contributed by atoms with Gasteiger partial charge in [0, 0.05) is 18.3 Å². The van der Waals surface area contributed by atoms with Crippen molar-refractivity contribution in [2.24, 2.45) is 5.92 Å². The van der Waals surface area contributed by atoms with Gasteiger partial charge in [-0.25, -0.2) is 0 Å². The third kappa shape index (κ3) is 3.57. The van der Waals surface area contributed by atoms with Gasteiger partial charge in [-0.05, 0) is 41.2 Å². The first kappa shape index (κ1) is 19.5. The lowest BCUT2D eigenvalue weighted by Crippen LogP contribution is -2.30. The first-order valence-corrected chi connectivity index (χ1v) is 8.03. The number of hydrogen-bond donors (Lipinski definition) is 1. The number of rotatable bonds is 4. The van der Waals surface area contributed by atoms with E-state index >= 15 is 0 Å². The van der Waals surface area contributed by atoms with E-state index in [0.29, 0.717) is 5.92 Å². The molecule has 25 heavy (non-hydrogen) atoms. The van der Waals surface area contributed by atoms with Gasteiger partial charge in [0.2, 0.25) is 0 Å². The van der Waals surface area contributed by atoms with Crippen LogP contribution in [0.2, 0.25) is 0 Å². The molecule has 130 valence electrons. The maximum absolute atomic E-state index is 11.7. The Morgan fingerprint density at radius 3 is 1.72 bits per heavy atom. The van der Waals surface area contributed by atoms with Crippen LogP contribution in [-0.2, 0) is 5.60 Å². The van der Waals surface area contributed by atoms with E-state index in [1.807, 2.05) is 73.1 Å². The predicted molar refractivity (Wildman–Crippen MR) is 105 cm³/mol. The summed E-state index contributed by atoms with van der Waals surface area (Å²) in [4.78, 5) is 4.10. The summed E-state index contributed by atoms with van der Waals surface area (Å²) in [6.07, 6.45) is 4.65. The number of hydrogen-bond acceptors (Lipinski definition) is 2. The molecular weight excluding hydrogens is 353 g/mol. The Hall–Kier alpha value is -1.87. The van der Waals surface area contributed by atoms with Crippen molar-refractivity contribution in [1.29, 1.82) is 0 Å². The zero-order valence-corrected chi connectivity index (χ0v) is 15.3. The van der Waals surface area contributed by atoms with Crippen LogP contribution in [0.15, 0.2) is 85.2 Å². The lowest BCUT2D eigenvalue weighted by Gasteiger charge is -2.30. The summed E-state index contributed by atoms with van der Waals surface area (Å²) in [6, 6.07) is 24.2. The fraction of sp³-hybridized carbons (Fsp3) is 0.190. The van der Waals surface area contributed by atoms with Crippen LogP contribution < -0.4 is 0 Å². The molecule has 0 amide bonds. The van der Waals surface area contributed by atoms with Gasteiger partial charge in [-0.1, -0.05) is 60.7 Å². The van der Waals surface area contributed by atoms with E-state index in [4.69, 9.17) is 0 Å². The Bertz CT molecular complexity index is 741. The van der Waals surface area contributed by atoms with Crippen LogP contribution in [0.4, 0.5) is 0 Å². The molecule has 0 spiro atoms. The van der Waals surface area contributed by atoms with Crippen molar-refractivity contribution >= 4 is 24.8 Å². The van der Waals surface area contributed by atoms with Gasteiger partial charge < -0.3 is 5.11 Å². The summed E-state index contributed by atoms with van der Waals surface area (Å²) in [5, 5.41) is 11.7. The molecule has 0 bridgehead atoms. The van der Waals surface area contributed by atoms with Crippen molar-refractivity contribution in [3.05, 3.63) is 102 Å². The molecule has 2 nitrogen and oxygen atoms in total. The fourth-order valence-corrected chi connectivity index (χ4v) is 3.62. The summed E-state index contributed by atoms with van der Waals surface area (Å²) < 4.78 is 0. The first-order valence-electron chi connectivity index (χ1n) is 8.03. The summed E-state index contributed by atoms with van der Waals surface area (Å²) >= 11 is 0. The van der Waals surface area contributed by atoms with E-state index in [2.05, 4.69) is 17.1 Å². The maximum Gasteiger partial charge on any atom is 0.118 e. The topological polar surface area (TPSA) is 33.1 Å². The van der Waals surface area contributed by atoms with Crippen molar-refractivity contribution in [3.63, 3.8) is 0 Å². The van der Waals surface area contributed by atoms with Crippen molar-refractivity contribution in [3.8, 4) is 0 Å². The fourth-order valence-electron chi connectivity index (χ4n) is 3.62. The van der Waals surface area contributed by atoms with E-state index in [-0.39, 0.29) is 30.7 Å². The number of pyridine rings is 1. The average Bonchev–Trinajstić information content (AvgIpc) is 3.45. The number of aromatic nitrogens is 1. The largest absolute Gasteiger partial charge is 0.380 e. The highest BCUT2D eigenvalue weighted by Crippen LogP contribution is 2.58. The van der Waals surface area contributed by atoms with Crippen LogP contribution in [0.3, 0.4) is 0 Å². The van der Waals surface area contributed by atoms with Crippen LogP contribution in [0.5, 0.6) is 0 Å². The van der Waals surface area contributed by atoms with Crippen LogP contribution in [-0.4, -0.2) is 10.1 Å². The second-order valence-corrected chi connectivity index (χ2v) is 6.23. The molecule has 1 saturated carbocycles. The maximum atomic E-state index is 11.7. The van der Waals surface area contributed by atoms with E-state index in [1.165, 1.54) is 5.56 Å². The van der Waals surface area contributed by atoms with Crippen molar-refractivity contribution in [2.45, 2.75) is 17.9 Å². The van der Waals surface area contributed by atoms with Crippen molar-refractivity contribution < 1.29 is 5.11 Å². The van der Waals surface area contributed by atoms with Crippen LogP contribution >= 0.6 is 24.8 Å². The van der Waals surface area contributed by atoms with E-state index in [0.717, 1.165) is 17.5 Å². The van der Waals surface area contributed by atoms with Gasteiger partial charge in [-0.3, -0.25) is 4.98 Å². The third-order valence-corrected chi connectivity index (χ3v) is 4.89. The van der Waals surface area contributed by atoms with Crippen molar-refractivity contribution in [1.82, 2.24) is 4.98 Å². The van der Waals surface area contributed by atoms with Crippen LogP contribution in [0, 0.1) is 5.92 Å². The van der Waals surface area contributed by atoms with Gasteiger partial charge in [0.25, 0.3) is 0 Å². The Kier molecular flexibility index (Phi) is 6.23. The summed E-state index contributed by atoms with van der Waals surface area (Å²) in [5.74, 6) is 0.568. The molecule has 0 radical (unpaired) electrons. The number of benzene rings is 2. The lowest BCUT2D eigenvalue weighted by atomic mass is 9.81. The monoisotopic (exact) mass is 373 g/mol. The Balaban J connectivity index is 0.00000113. The third-order valence-electron chi connectivity index (χ3n) is 4.89. The minimum absolute atomic E-state index is 0. The molecule has 4 heteroatoms. The van der Waals surface area contributed by atoms with E-state index in [9.17, 15) is 5.11 Å². The minimum atomic E-state index is -0.948. The zero-order valence-electron chi connectivity index (χ0n) is 13.7. The van der Waals surface area contributed by atoms with Gasteiger partial charge in [0.15, 0.2) is 0 Å². The molecule has 2 unspecified atom stereocenters. The number of halogens is 2. The van der Waals surface area contributed by atoms with Gasteiger partial charge >= 0.3 is 0 Å². The summed E-state index contributed by atoms with van der Waals surface area (Å²) in [5.41, 5.74) is 2.24. The highest BCUT2D eigenvalue weighted by Gasteiger charge is 2.54. The highest BCUT2D eigenvalue weighted by atomic mass is 35.5. The van der Waals surface area contributed by atoms with Gasteiger partial charge in [0.1, 0.15) is 5.60 Å². The van der Waals surface area contributed by atoms with Crippen LogP contribution in [0.1, 0.15) is 29.0 Å².